The van der Waals surface area contributed by atoms with Gasteiger partial charge in [0.25, 0.3) is 0 Å². The van der Waals surface area contributed by atoms with E-state index in [2.05, 4.69) is 13.8 Å². The Morgan fingerprint density at radius 3 is 1.37 bits per heavy atom. The molecule has 0 heterocycles. The van der Waals surface area contributed by atoms with Crippen molar-refractivity contribution < 1.29 is 9.18 Å². The number of carbonyl (C=O) groups excluding carboxylic acids is 1. The van der Waals surface area contributed by atoms with Crippen LogP contribution in [0.15, 0.2) is 0 Å². The van der Waals surface area contributed by atoms with Gasteiger partial charge in [0, 0.05) is 0 Å². The summed E-state index contributed by atoms with van der Waals surface area (Å²) in [4.78, 5) is 13.4. The van der Waals surface area contributed by atoms with Crippen molar-refractivity contribution in [2.24, 2.45) is 22.7 Å². The maximum atomic E-state index is 15.7. The molecule has 3 aliphatic rings. The number of hydrogen-bond acceptors (Lipinski definition) is 1. The van der Waals surface area contributed by atoms with Gasteiger partial charge in [0.2, 0.25) is 0 Å². The van der Waals surface area contributed by atoms with Crippen molar-refractivity contribution >= 4 is 5.78 Å². The number of hydrogen-bond donors (Lipinski definition) is 0. The van der Waals surface area contributed by atoms with E-state index < -0.39 is 17.0 Å². The van der Waals surface area contributed by atoms with E-state index in [0.717, 1.165) is 63.2 Å². The largest absolute Gasteiger partial charge is 0.298 e. The average Bonchev–Trinajstić information content (AvgIpc) is 2.79. The molecule has 0 aromatic carbocycles. The second kappa shape index (κ2) is 11.5. The summed E-state index contributed by atoms with van der Waals surface area (Å²) in [6.07, 6.45) is 22.9. The first-order valence-corrected chi connectivity index (χ1v) is 13.8. The molecule has 0 unspecified atom stereocenters. The fraction of sp³-hybridized carbons (Fsp3) is 0.964. The number of halogens is 1. The van der Waals surface area contributed by atoms with Gasteiger partial charge in [-0.05, 0) is 63.2 Å². The molecule has 1 nitrogen and oxygen atoms in total. The van der Waals surface area contributed by atoms with E-state index in [-0.39, 0.29) is 0 Å². The molecule has 0 aromatic rings. The predicted octanol–water partition coefficient (Wildman–Crippen LogP) is 8.98. The van der Waals surface area contributed by atoms with Crippen molar-refractivity contribution in [3.05, 3.63) is 0 Å². The average molecular weight is 421 g/mol. The summed E-state index contributed by atoms with van der Waals surface area (Å²) in [5.74, 6) is 1.85. The number of rotatable bonds is 12. The summed E-state index contributed by atoms with van der Waals surface area (Å²) in [5.41, 5.74) is -1.13. The van der Waals surface area contributed by atoms with Crippen LogP contribution in [0, 0.1) is 22.7 Å². The van der Waals surface area contributed by atoms with E-state index in [1.165, 1.54) is 77.0 Å². The maximum absolute atomic E-state index is 15.7. The van der Waals surface area contributed by atoms with Crippen molar-refractivity contribution in [3.63, 3.8) is 0 Å². The summed E-state index contributed by atoms with van der Waals surface area (Å²) < 4.78 is 15.7. The Balaban J connectivity index is 1.38. The van der Waals surface area contributed by atoms with E-state index in [1.807, 2.05) is 0 Å². The van der Waals surface area contributed by atoms with Crippen molar-refractivity contribution in [2.75, 3.05) is 0 Å². The molecule has 0 aliphatic heterocycles. The van der Waals surface area contributed by atoms with Gasteiger partial charge in [0.15, 0.2) is 5.78 Å². The standard InChI is InChI=1S/C28H49FO/c1-3-5-7-9-11-13-23-15-19-27(20-16-23)25(29)28(26(27)30)21-17-24(18-22-28)14-12-10-8-6-4-2/h23-25H,3-22H2,1-2H3/t23?,24?,25?,27-,28-. The zero-order chi connectivity index (χ0) is 21.5. The van der Waals surface area contributed by atoms with Gasteiger partial charge in [0.05, 0.1) is 10.8 Å². The lowest BCUT2D eigenvalue weighted by Gasteiger charge is -2.61. The summed E-state index contributed by atoms with van der Waals surface area (Å²) in [7, 11) is 0. The zero-order valence-corrected chi connectivity index (χ0v) is 20.2. The highest BCUT2D eigenvalue weighted by atomic mass is 19.1. The SMILES string of the molecule is CCCCCCCC1CC[C@]2(CC1)C(=O)[C@@]1(CCC(CCCCCCC)CC1)C2F. The Hall–Kier alpha value is -0.400. The molecule has 0 bridgehead atoms. The molecular formula is C28H49FO. The summed E-state index contributed by atoms with van der Waals surface area (Å²) in [6, 6.07) is 0. The van der Waals surface area contributed by atoms with Crippen LogP contribution in [-0.2, 0) is 4.79 Å². The third-order valence-corrected chi connectivity index (χ3v) is 9.30. The van der Waals surface area contributed by atoms with Crippen molar-refractivity contribution in [2.45, 2.75) is 148 Å². The highest BCUT2D eigenvalue weighted by Gasteiger charge is 2.71. The molecule has 0 saturated heterocycles. The van der Waals surface area contributed by atoms with Crippen molar-refractivity contribution in [1.82, 2.24) is 0 Å². The molecular weight excluding hydrogens is 371 g/mol. The van der Waals surface area contributed by atoms with E-state index >= 15 is 4.39 Å². The normalized spacial score (nSPS) is 36.4. The van der Waals surface area contributed by atoms with Crippen LogP contribution in [0.3, 0.4) is 0 Å². The highest BCUT2D eigenvalue weighted by Crippen LogP contribution is 2.65. The summed E-state index contributed by atoms with van der Waals surface area (Å²) in [5, 5.41) is 0. The van der Waals surface area contributed by atoms with E-state index in [1.54, 1.807) is 0 Å². The summed E-state index contributed by atoms with van der Waals surface area (Å²) >= 11 is 0. The van der Waals surface area contributed by atoms with Crippen LogP contribution in [0.1, 0.15) is 142 Å². The Kier molecular flexibility index (Phi) is 9.26. The molecule has 3 aliphatic carbocycles. The molecule has 174 valence electrons. The monoisotopic (exact) mass is 420 g/mol. The van der Waals surface area contributed by atoms with Crippen LogP contribution in [-0.4, -0.2) is 12.0 Å². The molecule has 2 spiro atoms. The fourth-order valence-electron chi connectivity index (χ4n) is 7.17. The second-order valence-electron chi connectivity index (χ2n) is 11.3. The van der Waals surface area contributed by atoms with Gasteiger partial charge >= 0.3 is 0 Å². The lowest BCUT2D eigenvalue weighted by atomic mass is 9.41. The van der Waals surface area contributed by atoms with Gasteiger partial charge in [-0.25, -0.2) is 4.39 Å². The van der Waals surface area contributed by atoms with Crippen molar-refractivity contribution in [1.29, 1.82) is 0 Å². The Morgan fingerprint density at radius 1 is 0.667 bits per heavy atom. The number of unbranched alkanes of at least 4 members (excludes halogenated alkanes) is 8. The number of alkyl halides is 1. The minimum atomic E-state index is -0.839. The van der Waals surface area contributed by atoms with Crippen LogP contribution in [0.4, 0.5) is 4.39 Å². The molecule has 0 atom stereocenters. The van der Waals surface area contributed by atoms with E-state index in [9.17, 15) is 4.79 Å². The maximum Gasteiger partial charge on any atom is 0.151 e. The highest BCUT2D eigenvalue weighted by molar-refractivity contribution is 5.98. The third kappa shape index (κ3) is 5.15. The second-order valence-corrected chi connectivity index (χ2v) is 11.3. The Morgan fingerprint density at radius 2 is 1.03 bits per heavy atom. The number of Topliss-reactive ketones (excluding diaryl/α,β-unsaturated/α-hetero) is 1. The summed E-state index contributed by atoms with van der Waals surface area (Å²) in [6.45, 7) is 4.52. The van der Waals surface area contributed by atoms with Gasteiger partial charge in [-0.1, -0.05) is 90.9 Å². The third-order valence-electron chi connectivity index (χ3n) is 9.30. The first-order valence-electron chi connectivity index (χ1n) is 13.8. The van der Waals surface area contributed by atoms with Crippen LogP contribution in [0.2, 0.25) is 0 Å². The van der Waals surface area contributed by atoms with Crippen LogP contribution < -0.4 is 0 Å². The molecule has 3 fully saturated rings. The molecule has 3 saturated carbocycles. The van der Waals surface area contributed by atoms with Gasteiger partial charge in [0.1, 0.15) is 6.17 Å². The number of ketones is 1. The molecule has 2 heteroatoms. The fourth-order valence-corrected chi connectivity index (χ4v) is 7.17. The van der Waals surface area contributed by atoms with Gasteiger partial charge in [-0.15, -0.1) is 0 Å². The van der Waals surface area contributed by atoms with E-state index in [4.69, 9.17) is 0 Å². The molecule has 0 aromatic heterocycles. The van der Waals surface area contributed by atoms with Gasteiger partial charge < -0.3 is 0 Å². The quantitative estimate of drug-likeness (QED) is 0.288. The lowest BCUT2D eigenvalue weighted by molar-refractivity contribution is -0.193. The smallest absolute Gasteiger partial charge is 0.151 e. The zero-order valence-electron chi connectivity index (χ0n) is 20.2. The Bertz CT molecular complexity index is 467. The first-order chi connectivity index (χ1) is 14.6. The van der Waals surface area contributed by atoms with Crippen LogP contribution in [0.25, 0.3) is 0 Å². The molecule has 30 heavy (non-hydrogen) atoms. The van der Waals surface area contributed by atoms with E-state index in [0.29, 0.717) is 5.78 Å². The topological polar surface area (TPSA) is 17.1 Å². The predicted molar refractivity (Wildman–Crippen MR) is 125 cm³/mol. The minimum Gasteiger partial charge on any atom is -0.298 e. The minimum absolute atomic E-state index is 0.352. The lowest BCUT2D eigenvalue weighted by Crippen LogP contribution is -2.69. The molecule has 0 amide bonds. The Labute approximate surface area is 186 Å². The number of carbonyl (C=O) groups is 1. The molecule has 0 radical (unpaired) electrons. The van der Waals surface area contributed by atoms with Gasteiger partial charge in [-0.3, -0.25) is 4.79 Å². The van der Waals surface area contributed by atoms with Crippen LogP contribution >= 0.6 is 0 Å². The first kappa shape index (κ1) is 24.2. The van der Waals surface area contributed by atoms with Crippen LogP contribution in [0.5, 0.6) is 0 Å². The van der Waals surface area contributed by atoms with Crippen molar-refractivity contribution in [3.8, 4) is 0 Å². The molecule has 0 N–H and O–H groups in total. The molecule has 3 rings (SSSR count). The van der Waals surface area contributed by atoms with Gasteiger partial charge in [-0.2, -0.15) is 0 Å².